The predicted octanol–water partition coefficient (Wildman–Crippen LogP) is 1.46. The molecule has 0 saturated carbocycles. The lowest BCUT2D eigenvalue weighted by Crippen LogP contribution is -2.51. The summed E-state index contributed by atoms with van der Waals surface area (Å²) in [5, 5.41) is 3.00. The first-order chi connectivity index (χ1) is 12.5. The summed E-state index contributed by atoms with van der Waals surface area (Å²) >= 11 is 0. The lowest BCUT2D eigenvalue weighted by atomic mass is 10.1. The number of rotatable bonds is 5. The second-order valence-electron chi connectivity index (χ2n) is 6.16. The van der Waals surface area contributed by atoms with E-state index in [0.29, 0.717) is 36.6 Å². The molecule has 0 radical (unpaired) electrons. The van der Waals surface area contributed by atoms with Gasteiger partial charge in [0.1, 0.15) is 17.5 Å². The summed E-state index contributed by atoms with van der Waals surface area (Å²) < 4.78 is 11.4. The molecule has 2 atom stereocenters. The van der Waals surface area contributed by atoms with Crippen LogP contribution < -0.4 is 15.8 Å². The number of aryl methyl sites for hydroxylation is 1. The van der Waals surface area contributed by atoms with E-state index in [1.807, 2.05) is 13.0 Å². The molecular weight excluding hydrogens is 334 g/mol. The Balaban J connectivity index is 1.68. The standard InChI is InChI=1S/C19H21N3O4/c1-12-3-2-9-21-17(12)19(24)22-15-8-10-25-11-16(15)26-14-6-4-13(5-7-14)18(20)23/h2-7,9,15-16H,8,10-11H2,1H3,(H2,20,23)(H,22,24)/t15-,16-/m1/s1. The summed E-state index contributed by atoms with van der Waals surface area (Å²) in [4.78, 5) is 27.8. The minimum absolute atomic E-state index is 0.200. The van der Waals surface area contributed by atoms with Crippen LogP contribution in [0.15, 0.2) is 42.6 Å². The molecule has 3 N–H and O–H groups in total. The van der Waals surface area contributed by atoms with Crippen LogP contribution in [0.1, 0.15) is 32.8 Å². The summed E-state index contributed by atoms with van der Waals surface area (Å²) in [6, 6.07) is 10.0. The van der Waals surface area contributed by atoms with E-state index in [-0.39, 0.29) is 18.1 Å². The van der Waals surface area contributed by atoms with E-state index >= 15 is 0 Å². The van der Waals surface area contributed by atoms with Crippen LogP contribution in [0.25, 0.3) is 0 Å². The first-order valence-electron chi connectivity index (χ1n) is 8.41. The number of nitrogens with two attached hydrogens (primary N) is 1. The van der Waals surface area contributed by atoms with Gasteiger partial charge in [0.25, 0.3) is 5.91 Å². The minimum Gasteiger partial charge on any atom is -0.486 e. The number of hydrogen-bond acceptors (Lipinski definition) is 5. The maximum Gasteiger partial charge on any atom is 0.270 e. The molecule has 0 unspecified atom stereocenters. The highest BCUT2D eigenvalue weighted by Gasteiger charge is 2.30. The number of carbonyl (C=O) groups is 2. The van der Waals surface area contributed by atoms with Gasteiger partial charge >= 0.3 is 0 Å². The van der Waals surface area contributed by atoms with Gasteiger partial charge < -0.3 is 20.5 Å². The van der Waals surface area contributed by atoms with Crippen molar-refractivity contribution in [2.45, 2.75) is 25.5 Å². The zero-order chi connectivity index (χ0) is 18.5. The Morgan fingerprint density at radius 3 is 2.73 bits per heavy atom. The maximum atomic E-state index is 12.5. The number of benzene rings is 1. The largest absolute Gasteiger partial charge is 0.486 e. The highest BCUT2D eigenvalue weighted by Crippen LogP contribution is 2.19. The SMILES string of the molecule is Cc1cccnc1C(=O)N[C@@H]1CCOC[C@H]1Oc1ccc(C(N)=O)cc1. The summed E-state index contributed by atoms with van der Waals surface area (Å²) in [7, 11) is 0. The van der Waals surface area contributed by atoms with E-state index in [2.05, 4.69) is 10.3 Å². The number of aromatic nitrogens is 1. The number of primary amides is 1. The predicted molar refractivity (Wildman–Crippen MR) is 95.0 cm³/mol. The van der Waals surface area contributed by atoms with E-state index in [1.165, 1.54) is 0 Å². The molecule has 2 aromatic rings. The van der Waals surface area contributed by atoms with Gasteiger partial charge in [0.15, 0.2) is 0 Å². The number of amides is 2. The fraction of sp³-hybridized carbons (Fsp3) is 0.316. The zero-order valence-corrected chi connectivity index (χ0v) is 14.5. The van der Waals surface area contributed by atoms with Crippen molar-refractivity contribution >= 4 is 11.8 Å². The summed E-state index contributed by atoms with van der Waals surface area (Å²) in [6.07, 6.45) is 1.90. The molecule has 2 amide bonds. The second-order valence-corrected chi connectivity index (χ2v) is 6.16. The Morgan fingerprint density at radius 2 is 2.04 bits per heavy atom. The topological polar surface area (TPSA) is 104 Å². The van der Waals surface area contributed by atoms with Gasteiger partial charge in [0.05, 0.1) is 12.6 Å². The molecule has 7 nitrogen and oxygen atoms in total. The van der Waals surface area contributed by atoms with Crippen molar-refractivity contribution in [1.82, 2.24) is 10.3 Å². The van der Waals surface area contributed by atoms with E-state index in [9.17, 15) is 9.59 Å². The van der Waals surface area contributed by atoms with Crippen LogP contribution >= 0.6 is 0 Å². The molecule has 0 spiro atoms. The van der Waals surface area contributed by atoms with Gasteiger partial charge in [-0.05, 0) is 49.2 Å². The van der Waals surface area contributed by atoms with Crippen molar-refractivity contribution in [2.24, 2.45) is 5.73 Å². The van der Waals surface area contributed by atoms with Crippen molar-refractivity contribution in [3.63, 3.8) is 0 Å². The molecule has 1 aliphatic heterocycles. The Labute approximate surface area is 151 Å². The molecule has 2 heterocycles. The lowest BCUT2D eigenvalue weighted by molar-refractivity contribution is -0.0135. The van der Waals surface area contributed by atoms with Crippen LogP contribution in [-0.4, -0.2) is 42.2 Å². The fourth-order valence-corrected chi connectivity index (χ4v) is 2.83. The summed E-state index contributed by atoms with van der Waals surface area (Å²) in [5.41, 5.74) is 6.87. The maximum absolute atomic E-state index is 12.5. The highest BCUT2D eigenvalue weighted by atomic mass is 16.5. The van der Waals surface area contributed by atoms with Gasteiger partial charge in [-0.3, -0.25) is 14.6 Å². The Kier molecular flexibility index (Phi) is 5.48. The Bertz CT molecular complexity index is 792. The quantitative estimate of drug-likeness (QED) is 0.845. The van der Waals surface area contributed by atoms with Gasteiger partial charge in [0.2, 0.25) is 5.91 Å². The molecule has 3 rings (SSSR count). The van der Waals surface area contributed by atoms with E-state index in [1.54, 1.807) is 36.5 Å². The summed E-state index contributed by atoms with van der Waals surface area (Å²) in [6.45, 7) is 2.76. The number of ether oxygens (including phenoxy) is 2. The first kappa shape index (κ1) is 17.9. The molecule has 1 aromatic carbocycles. The number of hydrogen-bond donors (Lipinski definition) is 2. The molecule has 1 aromatic heterocycles. The van der Waals surface area contributed by atoms with E-state index < -0.39 is 5.91 Å². The van der Waals surface area contributed by atoms with Gasteiger partial charge in [-0.15, -0.1) is 0 Å². The fourth-order valence-electron chi connectivity index (χ4n) is 2.83. The molecular formula is C19H21N3O4. The van der Waals surface area contributed by atoms with Crippen LogP contribution in [0.2, 0.25) is 0 Å². The smallest absolute Gasteiger partial charge is 0.270 e. The third-order valence-electron chi connectivity index (χ3n) is 4.27. The normalized spacial score (nSPS) is 19.6. The lowest BCUT2D eigenvalue weighted by Gasteiger charge is -2.32. The van der Waals surface area contributed by atoms with Crippen molar-refractivity contribution in [3.05, 3.63) is 59.4 Å². The average molecular weight is 355 g/mol. The average Bonchev–Trinajstić information content (AvgIpc) is 2.64. The van der Waals surface area contributed by atoms with Gasteiger partial charge in [-0.25, -0.2) is 0 Å². The first-order valence-corrected chi connectivity index (χ1v) is 8.41. The van der Waals surface area contributed by atoms with E-state index in [0.717, 1.165) is 5.56 Å². The van der Waals surface area contributed by atoms with Crippen molar-refractivity contribution in [2.75, 3.05) is 13.2 Å². The monoisotopic (exact) mass is 355 g/mol. The van der Waals surface area contributed by atoms with Gasteiger partial charge in [-0.1, -0.05) is 6.07 Å². The number of pyridine rings is 1. The van der Waals surface area contributed by atoms with Crippen molar-refractivity contribution in [3.8, 4) is 5.75 Å². The van der Waals surface area contributed by atoms with Gasteiger partial charge in [0, 0.05) is 18.4 Å². The third kappa shape index (κ3) is 4.18. The zero-order valence-electron chi connectivity index (χ0n) is 14.5. The van der Waals surface area contributed by atoms with Crippen LogP contribution in [0.4, 0.5) is 0 Å². The molecule has 1 fully saturated rings. The molecule has 1 aliphatic rings. The van der Waals surface area contributed by atoms with Crippen LogP contribution in [0.3, 0.4) is 0 Å². The van der Waals surface area contributed by atoms with Crippen molar-refractivity contribution in [1.29, 1.82) is 0 Å². The van der Waals surface area contributed by atoms with Crippen LogP contribution in [-0.2, 0) is 4.74 Å². The number of nitrogens with one attached hydrogen (secondary N) is 1. The highest BCUT2D eigenvalue weighted by molar-refractivity contribution is 5.94. The number of carbonyl (C=O) groups excluding carboxylic acids is 2. The summed E-state index contributed by atoms with van der Waals surface area (Å²) in [5.74, 6) is -0.139. The second kappa shape index (κ2) is 7.97. The molecule has 136 valence electrons. The Hall–Kier alpha value is -2.93. The minimum atomic E-state index is -0.492. The van der Waals surface area contributed by atoms with Gasteiger partial charge in [-0.2, -0.15) is 0 Å². The molecule has 1 saturated heterocycles. The van der Waals surface area contributed by atoms with Crippen LogP contribution in [0.5, 0.6) is 5.75 Å². The molecule has 26 heavy (non-hydrogen) atoms. The molecule has 0 bridgehead atoms. The molecule has 7 heteroatoms. The third-order valence-corrected chi connectivity index (χ3v) is 4.27. The number of nitrogens with zero attached hydrogens (tertiary/aromatic N) is 1. The molecule has 0 aliphatic carbocycles. The van der Waals surface area contributed by atoms with Crippen LogP contribution in [0, 0.1) is 6.92 Å². The Morgan fingerprint density at radius 1 is 1.27 bits per heavy atom. The van der Waals surface area contributed by atoms with E-state index in [4.69, 9.17) is 15.2 Å². The van der Waals surface area contributed by atoms with Crippen molar-refractivity contribution < 1.29 is 19.1 Å².